The Kier molecular flexibility index (Phi) is 4.73. The summed E-state index contributed by atoms with van der Waals surface area (Å²) in [5, 5.41) is 2.88. The molecular weight excluding hydrogens is 226 g/mol. The highest BCUT2D eigenvalue weighted by Crippen LogP contribution is 2.19. The van der Waals surface area contributed by atoms with Crippen molar-refractivity contribution in [1.82, 2.24) is 10.2 Å². The Morgan fingerprint density at radius 2 is 2.17 bits per heavy atom. The first kappa shape index (κ1) is 13.1. The maximum atomic E-state index is 11.2. The molecule has 4 heteroatoms. The van der Waals surface area contributed by atoms with Crippen molar-refractivity contribution < 1.29 is 4.79 Å². The van der Waals surface area contributed by atoms with Crippen molar-refractivity contribution in [1.29, 1.82) is 0 Å². The molecule has 18 heavy (non-hydrogen) atoms. The lowest BCUT2D eigenvalue weighted by Gasteiger charge is -2.24. The number of amides is 1. The minimum absolute atomic E-state index is 0.0680. The van der Waals surface area contributed by atoms with Crippen molar-refractivity contribution in [3.63, 3.8) is 0 Å². The number of nitrogens with zero attached hydrogens (tertiary/aromatic N) is 1. The van der Waals surface area contributed by atoms with Gasteiger partial charge in [-0.05, 0) is 24.9 Å². The van der Waals surface area contributed by atoms with Gasteiger partial charge in [-0.2, -0.15) is 0 Å². The van der Waals surface area contributed by atoms with E-state index >= 15 is 0 Å². The van der Waals surface area contributed by atoms with Gasteiger partial charge in [0.25, 0.3) is 0 Å². The van der Waals surface area contributed by atoms with Gasteiger partial charge in [-0.1, -0.05) is 30.3 Å². The fraction of sp³-hybridized carbons (Fsp3) is 0.500. The fourth-order valence-electron chi connectivity index (χ4n) is 2.46. The number of carbonyl (C=O) groups is 1. The van der Waals surface area contributed by atoms with Crippen LogP contribution in [0.1, 0.15) is 18.4 Å². The largest absolute Gasteiger partial charge is 0.353 e. The molecule has 1 aromatic rings. The molecule has 2 rings (SSSR count). The van der Waals surface area contributed by atoms with Gasteiger partial charge in [-0.3, -0.25) is 9.69 Å². The lowest BCUT2D eigenvalue weighted by atomic mass is 10.2. The molecular formula is C14H21N3O. The molecule has 1 heterocycles. The zero-order valence-electron chi connectivity index (χ0n) is 10.6. The smallest absolute Gasteiger partial charge is 0.233 e. The molecule has 1 saturated heterocycles. The molecule has 98 valence electrons. The number of nitrogens with one attached hydrogen (secondary N) is 1. The van der Waals surface area contributed by atoms with Crippen molar-refractivity contribution in [3.8, 4) is 0 Å². The van der Waals surface area contributed by atoms with E-state index in [4.69, 9.17) is 5.73 Å². The average Bonchev–Trinajstić information content (AvgIpc) is 2.84. The van der Waals surface area contributed by atoms with Crippen LogP contribution >= 0.6 is 0 Å². The summed E-state index contributed by atoms with van der Waals surface area (Å²) in [7, 11) is 0. The van der Waals surface area contributed by atoms with Crippen LogP contribution in [0.2, 0.25) is 0 Å². The molecule has 1 atom stereocenters. The third-order valence-corrected chi connectivity index (χ3v) is 3.45. The van der Waals surface area contributed by atoms with Crippen molar-refractivity contribution in [3.05, 3.63) is 35.9 Å². The number of hydrogen-bond acceptors (Lipinski definition) is 3. The summed E-state index contributed by atoms with van der Waals surface area (Å²) in [5.41, 5.74) is 6.62. The van der Waals surface area contributed by atoms with Crippen molar-refractivity contribution in [2.24, 2.45) is 5.73 Å². The third kappa shape index (κ3) is 3.55. The van der Waals surface area contributed by atoms with Gasteiger partial charge in [0.2, 0.25) is 5.91 Å². The maximum absolute atomic E-state index is 11.2. The third-order valence-electron chi connectivity index (χ3n) is 3.45. The molecule has 3 N–H and O–H groups in total. The summed E-state index contributed by atoms with van der Waals surface area (Å²) in [6.07, 6.45) is 2.35. The first-order chi connectivity index (χ1) is 8.79. The summed E-state index contributed by atoms with van der Waals surface area (Å²) in [6.45, 7) is 2.86. The molecule has 1 fully saturated rings. The molecule has 1 unspecified atom stereocenters. The van der Waals surface area contributed by atoms with Crippen LogP contribution in [-0.2, 0) is 11.3 Å². The van der Waals surface area contributed by atoms with Crippen molar-refractivity contribution in [2.75, 3.05) is 19.6 Å². The van der Waals surface area contributed by atoms with Crippen LogP contribution in [0.3, 0.4) is 0 Å². The van der Waals surface area contributed by atoms with E-state index < -0.39 is 0 Å². The zero-order valence-corrected chi connectivity index (χ0v) is 10.6. The summed E-state index contributed by atoms with van der Waals surface area (Å²) in [5.74, 6) is -0.0680. The average molecular weight is 247 g/mol. The topological polar surface area (TPSA) is 58.4 Å². The lowest BCUT2D eigenvalue weighted by Crippen LogP contribution is -2.41. The van der Waals surface area contributed by atoms with Gasteiger partial charge < -0.3 is 11.1 Å². The second-order valence-electron chi connectivity index (χ2n) is 4.76. The van der Waals surface area contributed by atoms with Crippen LogP contribution in [-0.4, -0.2) is 36.5 Å². The predicted octanol–water partition coefficient (Wildman–Crippen LogP) is 0.726. The maximum Gasteiger partial charge on any atom is 0.233 e. The quantitative estimate of drug-likeness (QED) is 0.806. The molecule has 1 amide bonds. The molecule has 4 nitrogen and oxygen atoms in total. The second kappa shape index (κ2) is 6.52. The van der Waals surface area contributed by atoms with E-state index in [2.05, 4.69) is 34.5 Å². The molecule has 1 aliphatic heterocycles. The van der Waals surface area contributed by atoms with Gasteiger partial charge in [0.1, 0.15) is 0 Å². The summed E-state index contributed by atoms with van der Waals surface area (Å²) in [6, 6.07) is 10.9. The summed E-state index contributed by atoms with van der Waals surface area (Å²) < 4.78 is 0. The first-order valence-corrected chi connectivity index (χ1v) is 6.54. The number of benzene rings is 1. The molecule has 0 bridgehead atoms. The number of rotatable bonds is 5. The Labute approximate surface area is 108 Å². The molecule has 0 aromatic heterocycles. The summed E-state index contributed by atoms with van der Waals surface area (Å²) in [4.78, 5) is 13.6. The van der Waals surface area contributed by atoms with Crippen molar-refractivity contribution >= 4 is 5.91 Å². The summed E-state index contributed by atoms with van der Waals surface area (Å²) >= 11 is 0. The van der Waals surface area contributed by atoms with E-state index in [1.54, 1.807) is 0 Å². The number of nitrogens with two attached hydrogens (primary N) is 1. The Morgan fingerprint density at radius 3 is 2.89 bits per heavy atom. The van der Waals surface area contributed by atoms with Crippen LogP contribution in [0.5, 0.6) is 0 Å². The Hall–Kier alpha value is -1.39. The highest BCUT2D eigenvalue weighted by Gasteiger charge is 2.24. The van der Waals surface area contributed by atoms with E-state index in [1.807, 2.05) is 6.07 Å². The van der Waals surface area contributed by atoms with E-state index in [0.29, 0.717) is 12.6 Å². The van der Waals surface area contributed by atoms with Gasteiger partial charge in [-0.25, -0.2) is 0 Å². The van der Waals surface area contributed by atoms with Crippen LogP contribution in [0.25, 0.3) is 0 Å². The molecule has 0 spiro atoms. The fourth-order valence-corrected chi connectivity index (χ4v) is 2.46. The van der Waals surface area contributed by atoms with Gasteiger partial charge in [0, 0.05) is 19.1 Å². The second-order valence-corrected chi connectivity index (χ2v) is 4.76. The van der Waals surface area contributed by atoms with Crippen LogP contribution < -0.4 is 11.1 Å². The van der Waals surface area contributed by atoms with E-state index in [1.165, 1.54) is 12.0 Å². The standard InChI is InChI=1S/C14H21N3O/c15-9-14(18)16-10-13-7-4-8-17(13)11-12-5-2-1-3-6-12/h1-3,5-6,13H,4,7-11,15H2,(H,16,18). The van der Waals surface area contributed by atoms with Gasteiger partial charge in [0.05, 0.1) is 6.54 Å². The normalized spacial score (nSPS) is 19.9. The first-order valence-electron chi connectivity index (χ1n) is 6.54. The minimum atomic E-state index is -0.0680. The van der Waals surface area contributed by atoms with Crippen molar-refractivity contribution in [2.45, 2.75) is 25.4 Å². The molecule has 1 aromatic carbocycles. The molecule has 0 saturated carbocycles. The molecule has 0 radical (unpaired) electrons. The van der Waals surface area contributed by atoms with E-state index in [9.17, 15) is 4.79 Å². The highest BCUT2D eigenvalue weighted by atomic mass is 16.1. The van der Waals surface area contributed by atoms with Gasteiger partial charge in [0.15, 0.2) is 0 Å². The minimum Gasteiger partial charge on any atom is -0.353 e. The molecule has 1 aliphatic rings. The highest BCUT2D eigenvalue weighted by molar-refractivity contribution is 5.77. The van der Waals surface area contributed by atoms with Crippen LogP contribution in [0.15, 0.2) is 30.3 Å². The SMILES string of the molecule is NCC(=O)NCC1CCCN1Cc1ccccc1. The number of hydrogen-bond donors (Lipinski definition) is 2. The monoisotopic (exact) mass is 247 g/mol. The van der Waals surface area contributed by atoms with E-state index in [0.717, 1.165) is 19.5 Å². The van der Waals surface area contributed by atoms with Gasteiger partial charge in [-0.15, -0.1) is 0 Å². The zero-order chi connectivity index (χ0) is 12.8. The number of likely N-dealkylation sites (tertiary alicyclic amines) is 1. The lowest BCUT2D eigenvalue weighted by molar-refractivity contribution is -0.119. The molecule has 0 aliphatic carbocycles. The van der Waals surface area contributed by atoms with E-state index in [-0.39, 0.29) is 12.5 Å². The van der Waals surface area contributed by atoms with Gasteiger partial charge >= 0.3 is 0 Å². The Bertz CT molecular complexity index is 380. The Morgan fingerprint density at radius 1 is 1.39 bits per heavy atom. The predicted molar refractivity (Wildman–Crippen MR) is 71.9 cm³/mol. The number of carbonyl (C=O) groups excluding carboxylic acids is 1. The Balaban J connectivity index is 1.86. The van der Waals surface area contributed by atoms with Crippen LogP contribution in [0.4, 0.5) is 0 Å². The van der Waals surface area contributed by atoms with Crippen LogP contribution in [0, 0.1) is 0 Å².